The van der Waals surface area contributed by atoms with Crippen LogP contribution in [0, 0.1) is 6.92 Å². The quantitative estimate of drug-likeness (QED) is 0.317. The minimum atomic E-state index is 0. The van der Waals surface area contributed by atoms with Gasteiger partial charge in [-0.15, -0.1) is 24.0 Å². The van der Waals surface area contributed by atoms with Gasteiger partial charge in [-0.2, -0.15) is 0 Å². The van der Waals surface area contributed by atoms with Gasteiger partial charge in [-0.1, -0.05) is 26.0 Å². The Balaban J connectivity index is 0.00000676. The lowest BCUT2D eigenvalue weighted by atomic mass is 10.1. The van der Waals surface area contributed by atoms with E-state index in [1.807, 2.05) is 0 Å². The second-order valence-corrected chi connectivity index (χ2v) is 6.68. The zero-order valence-corrected chi connectivity index (χ0v) is 19.8. The highest BCUT2D eigenvalue weighted by molar-refractivity contribution is 14.0. The molecule has 0 aromatic heterocycles. The normalized spacial score (nSPS) is 12.0. The Hall–Kier alpha value is -1.51. The van der Waals surface area contributed by atoms with Crippen LogP contribution in [-0.2, 0) is 11.3 Å². The highest BCUT2D eigenvalue weighted by Crippen LogP contribution is 2.23. The Morgan fingerprint density at radius 3 is 2.56 bits per heavy atom. The summed E-state index contributed by atoms with van der Waals surface area (Å²) in [6.45, 7) is 9.82. The van der Waals surface area contributed by atoms with Crippen molar-refractivity contribution in [2.24, 2.45) is 4.99 Å². The molecule has 0 aliphatic rings. The van der Waals surface area contributed by atoms with Gasteiger partial charge in [0.25, 0.3) is 0 Å². The van der Waals surface area contributed by atoms with Gasteiger partial charge in [-0.25, -0.2) is 4.99 Å². The molecule has 7 heteroatoms. The van der Waals surface area contributed by atoms with Crippen LogP contribution in [0.3, 0.4) is 0 Å². The number of carbonyl (C=O) groups excluding carboxylic acids is 1. The summed E-state index contributed by atoms with van der Waals surface area (Å²) in [4.78, 5) is 18.0. The van der Waals surface area contributed by atoms with E-state index in [1.165, 1.54) is 0 Å². The maximum absolute atomic E-state index is 11.8. The predicted octanol–water partition coefficient (Wildman–Crippen LogP) is 3.32. The first-order valence-electron chi connectivity index (χ1n) is 9.35. The second kappa shape index (κ2) is 13.6. The van der Waals surface area contributed by atoms with E-state index in [1.54, 1.807) is 19.0 Å². The molecule has 27 heavy (non-hydrogen) atoms. The van der Waals surface area contributed by atoms with E-state index in [0.29, 0.717) is 12.5 Å². The average molecular weight is 490 g/mol. The van der Waals surface area contributed by atoms with Crippen molar-refractivity contribution >= 4 is 35.8 Å². The van der Waals surface area contributed by atoms with Crippen molar-refractivity contribution in [3.05, 3.63) is 29.3 Å². The summed E-state index contributed by atoms with van der Waals surface area (Å²) in [6.07, 6.45) is 2.09. The van der Waals surface area contributed by atoms with Crippen molar-refractivity contribution in [3.63, 3.8) is 0 Å². The smallest absolute Gasteiger partial charge is 0.241 e. The highest BCUT2D eigenvalue weighted by atomic mass is 127. The number of benzene rings is 1. The molecule has 0 saturated carbocycles. The van der Waals surface area contributed by atoms with Crippen LogP contribution in [0.2, 0.25) is 0 Å². The molecule has 0 fully saturated rings. The zero-order chi connectivity index (χ0) is 19.5. The molecule has 1 aromatic rings. The third kappa shape index (κ3) is 9.83. The fourth-order valence-electron chi connectivity index (χ4n) is 2.10. The topological polar surface area (TPSA) is 66.0 Å². The van der Waals surface area contributed by atoms with E-state index < -0.39 is 0 Å². The monoisotopic (exact) mass is 490 g/mol. The number of amides is 1. The number of hydrogen-bond acceptors (Lipinski definition) is 3. The van der Waals surface area contributed by atoms with Gasteiger partial charge in [-0.3, -0.25) is 4.79 Å². The number of rotatable bonds is 9. The van der Waals surface area contributed by atoms with E-state index in [2.05, 4.69) is 61.5 Å². The van der Waals surface area contributed by atoms with Crippen LogP contribution >= 0.6 is 24.0 Å². The van der Waals surface area contributed by atoms with Gasteiger partial charge in [0, 0.05) is 26.2 Å². The Bertz CT molecular complexity index is 606. The molecule has 0 saturated heterocycles. The highest BCUT2D eigenvalue weighted by Gasteiger charge is 2.09. The predicted molar refractivity (Wildman–Crippen MR) is 123 cm³/mol. The summed E-state index contributed by atoms with van der Waals surface area (Å²) in [5.41, 5.74) is 2.20. The van der Waals surface area contributed by atoms with E-state index in [0.717, 1.165) is 36.3 Å². The lowest BCUT2D eigenvalue weighted by Crippen LogP contribution is -2.43. The van der Waals surface area contributed by atoms with E-state index >= 15 is 0 Å². The molecule has 0 bridgehead atoms. The maximum atomic E-state index is 11.8. The van der Waals surface area contributed by atoms with Crippen molar-refractivity contribution in [2.75, 3.05) is 27.2 Å². The summed E-state index contributed by atoms with van der Waals surface area (Å²) in [5, 5.41) is 6.34. The number of aliphatic imine (C=N–C) groups is 1. The van der Waals surface area contributed by atoms with Gasteiger partial charge in [0.2, 0.25) is 5.91 Å². The Morgan fingerprint density at radius 2 is 1.96 bits per heavy atom. The van der Waals surface area contributed by atoms with Crippen molar-refractivity contribution < 1.29 is 9.53 Å². The largest absolute Gasteiger partial charge is 0.490 e. The standard InChI is InChI=1S/C20H34N4O2.HI/c1-7-11-21-20(23-14-19(25)24(5)6)22-13-17-10-9-15(3)12-18(17)26-16(4)8-2;/h9-10,12,16H,7-8,11,13-14H2,1-6H3,(H2,21,22,23);1H. The Kier molecular flexibility index (Phi) is 12.9. The summed E-state index contributed by atoms with van der Waals surface area (Å²) in [6, 6.07) is 6.18. The Morgan fingerprint density at radius 1 is 1.26 bits per heavy atom. The van der Waals surface area contributed by atoms with E-state index in [9.17, 15) is 4.79 Å². The molecule has 0 heterocycles. The first kappa shape index (κ1) is 25.5. The number of halogens is 1. The van der Waals surface area contributed by atoms with Gasteiger partial charge in [0.05, 0.1) is 19.2 Å². The van der Waals surface area contributed by atoms with E-state index in [-0.39, 0.29) is 42.5 Å². The molecule has 1 unspecified atom stereocenters. The summed E-state index contributed by atoms with van der Waals surface area (Å²) in [5.74, 6) is 1.52. The fraction of sp³-hybridized carbons (Fsp3) is 0.600. The molecular weight excluding hydrogens is 455 g/mol. The van der Waals surface area contributed by atoms with Crippen molar-refractivity contribution in [2.45, 2.75) is 53.2 Å². The SMILES string of the molecule is CCCNC(=NCc1ccc(C)cc1OC(C)CC)NCC(=O)N(C)C.I. The fourth-order valence-corrected chi connectivity index (χ4v) is 2.10. The lowest BCUT2D eigenvalue weighted by Gasteiger charge is -2.17. The number of hydrogen-bond donors (Lipinski definition) is 2. The maximum Gasteiger partial charge on any atom is 0.241 e. The molecule has 0 aliphatic carbocycles. The lowest BCUT2D eigenvalue weighted by molar-refractivity contribution is -0.127. The van der Waals surface area contributed by atoms with Crippen LogP contribution in [0.5, 0.6) is 5.75 Å². The molecule has 154 valence electrons. The number of aryl methyl sites for hydroxylation is 1. The number of nitrogens with zero attached hydrogens (tertiary/aromatic N) is 2. The molecule has 1 aromatic carbocycles. The third-order valence-corrected chi connectivity index (χ3v) is 3.98. The van der Waals surface area contributed by atoms with Crippen molar-refractivity contribution in [1.29, 1.82) is 0 Å². The molecule has 6 nitrogen and oxygen atoms in total. The number of ether oxygens (including phenoxy) is 1. The third-order valence-electron chi connectivity index (χ3n) is 3.98. The van der Waals surface area contributed by atoms with Crippen LogP contribution in [0.25, 0.3) is 0 Å². The molecule has 0 radical (unpaired) electrons. The average Bonchev–Trinajstić information content (AvgIpc) is 2.61. The van der Waals surface area contributed by atoms with Gasteiger partial charge in [0.15, 0.2) is 5.96 Å². The molecule has 0 spiro atoms. The van der Waals surface area contributed by atoms with Crippen LogP contribution in [0.1, 0.15) is 44.7 Å². The van der Waals surface area contributed by atoms with Crippen LogP contribution in [-0.4, -0.2) is 50.1 Å². The first-order chi connectivity index (χ1) is 12.4. The first-order valence-corrected chi connectivity index (χ1v) is 9.35. The molecule has 1 amide bonds. The summed E-state index contributed by atoms with van der Waals surface area (Å²) in [7, 11) is 3.48. The van der Waals surface area contributed by atoms with Gasteiger partial charge in [0.1, 0.15) is 5.75 Å². The van der Waals surface area contributed by atoms with Gasteiger partial charge < -0.3 is 20.3 Å². The van der Waals surface area contributed by atoms with Crippen LogP contribution < -0.4 is 15.4 Å². The number of guanidine groups is 1. The minimum absolute atomic E-state index is 0. The van der Waals surface area contributed by atoms with Crippen molar-refractivity contribution in [1.82, 2.24) is 15.5 Å². The number of nitrogens with one attached hydrogen (secondary N) is 2. The summed E-state index contributed by atoms with van der Waals surface area (Å²) >= 11 is 0. The molecule has 2 N–H and O–H groups in total. The second-order valence-electron chi connectivity index (χ2n) is 6.68. The molecule has 1 rings (SSSR count). The van der Waals surface area contributed by atoms with E-state index in [4.69, 9.17) is 4.74 Å². The van der Waals surface area contributed by atoms with Crippen LogP contribution in [0.4, 0.5) is 0 Å². The summed E-state index contributed by atoms with van der Waals surface area (Å²) < 4.78 is 6.05. The minimum Gasteiger partial charge on any atom is -0.490 e. The molecular formula is C20H35IN4O2. The van der Waals surface area contributed by atoms with Gasteiger partial charge in [-0.05, 0) is 38.3 Å². The molecule has 1 atom stereocenters. The molecule has 0 aliphatic heterocycles. The Labute approximate surface area is 181 Å². The van der Waals surface area contributed by atoms with Crippen LogP contribution in [0.15, 0.2) is 23.2 Å². The van der Waals surface area contributed by atoms with Crippen molar-refractivity contribution in [3.8, 4) is 5.75 Å². The number of likely N-dealkylation sites (N-methyl/N-ethyl adjacent to an activating group) is 1. The number of carbonyl (C=O) groups is 1. The zero-order valence-electron chi connectivity index (χ0n) is 17.5. The van der Waals surface area contributed by atoms with Gasteiger partial charge >= 0.3 is 0 Å².